The molecule has 192 valence electrons. The first-order chi connectivity index (χ1) is 15.3. The van der Waals surface area contributed by atoms with E-state index in [2.05, 4.69) is 0 Å². The lowest BCUT2D eigenvalue weighted by atomic mass is 9.99. The van der Waals surface area contributed by atoms with Gasteiger partial charge < -0.3 is 44.5 Å². The maximum atomic E-state index is 12.1. The fraction of sp³-hybridized carbons (Fsp3) is 0.800. The number of quaternary nitrogens is 1. The molecule has 1 aliphatic heterocycles. The van der Waals surface area contributed by atoms with Crippen molar-refractivity contribution in [3.63, 3.8) is 0 Å². The van der Waals surface area contributed by atoms with Gasteiger partial charge in [0.05, 0.1) is 27.3 Å². The normalized spacial score (nSPS) is 27.3. The van der Waals surface area contributed by atoms with Gasteiger partial charge in [-0.1, -0.05) is 5.57 Å². The molecule has 1 amide bonds. The molecule has 1 aliphatic rings. The summed E-state index contributed by atoms with van der Waals surface area (Å²) < 4.78 is 14.9. The number of carboxylic acids is 1. The monoisotopic (exact) mass is 480 g/mol. The Hall–Kier alpha value is -1.68. The summed E-state index contributed by atoms with van der Waals surface area (Å²) in [6.45, 7) is 1.05. The zero-order chi connectivity index (χ0) is 25.3. The average molecular weight is 481 g/mol. The first kappa shape index (κ1) is 29.4. The SMILES string of the molecule is CO[C@H]1[C@H](O)[C@H](O)[C@H](OCC/C(C)=C/C(=O)N(O)CCC[C@@H](C(=O)O)[N+](C)(C)[O-])O[C@@H]1CO. The van der Waals surface area contributed by atoms with Crippen LogP contribution < -0.4 is 0 Å². The van der Waals surface area contributed by atoms with Crippen LogP contribution in [0, 0.1) is 5.21 Å². The van der Waals surface area contributed by atoms with Crippen molar-refractivity contribution in [1.29, 1.82) is 0 Å². The first-order valence-corrected chi connectivity index (χ1v) is 10.5. The van der Waals surface area contributed by atoms with Crippen LogP contribution in [0.25, 0.3) is 0 Å². The number of carbonyl (C=O) groups is 2. The largest absolute Gasteiger partial charge is 0.633 e. The highest BCUT2D eigenvalue weighted by atomic mass is 16.7. The zero-order valence-electron chi connectivity index (χ0n) is 19.4. The van der Waals surface area contributed by atoms with Gasteiger partial charge in [0.2, 0.25) is 0 Å². The first-order valence-electron chi connectivity index (χ1n) is 10.5. The van der Waals surface area contributed by atoms with E-state index in [0.717, 1.165) is 0 Å². The summed E-state index contributed by atoms with van der Waals surface area (Å²) in [5.41, 5.74) is 0.541. The number of carbonyl (C=O) groups excluding carboxylic acids is 1. The number of aliphatic hydroxyl groups is 3. The number of methoxy groups -OCH3 is 1. The second-order valence-electron chi connectivity index (χ2n) is 8.41. The van der Waals surface area contributed by atoms with Crippen LogP contribution in [-0.4, -0.2) is 125 Å². The molecule has 0 spiro atoms. The van der Waals surface area contributed by atoms with Crippen LogP contribution in [0.4, 0.5) is 0 Å². The van der Waals surface area contributed by atoms with E-state index in [-0.39, 0.29) is 32.4 Å². The van der Waals surface area contributed by atoms with E-state index < -0.39 is 59.9 Å². The summed E-state index contributed by atoms with van der Waals surface area (Å²) in [6.07, 6.45) is -4.20. The molecule has 1 heterocycles. The Morgan fingerprint density at radius 2 is 1.91 bits per heavy atom. The van der Waals surface area contributed by atoms with Crippen LogP contribution in [0.2, 0.25) is 0 Å². The van der Waals surface area contributed by atoms with Crippen molar-refractivity contribution in [3.8, 4) is 0 Å². The van der Waals surface area contributed by atoms with Gasteiger partial charge in [-0.25, -0.2) is 9.86 Å². The molecule has 13 nitrogen and oxygen atoms in total. The summed E-state index contributed by atoms with van der Waals surface area (Å²) in [6, 6.07) is -1.21. The third-order valence-corrected chi connectivity index (χ3v) is 5.38. The van der Waals surface area contributed by atoms with E-state index in [4.69, 9.17) is 19.3 Å². The summed E-state index contributed by atoms with van der Waals surface area (Å²) in [7, 11) is 3.75. The molecule has 0 radical (unpaired) electrons. The molecule has 33 heavy (non-hydrogen) atoms. The number of carboxylic acid groups (broad SMARTS) is 1. The minimum absolute atomic E-state index is 0.0129. The molecule has 0 bridgehead atoms. The van der Waals surface area contributed by atoms with Crippen LogP contribution >= 0.6 is 0 Å². The van der Waals surface area contributed by atoms with Gasteiger partial charge in [0.25, 0.3) is 5.91 Å². The molecule has 0 aromatic rings. The number of nitrogens with zero attached hydrogens (tertiary/aromatic N) is 2. The van der Waals surface area contributed by atoms with Gasteiger partial charge in [0.1, 0.15) is 24.4 Å². The Bertz CT molecular complexity index is 665. The summed E-state index contributed by atoms with van der Waals surface area (Å²) >= 11 is 0. The molecule has 0 saturated carbocycles. The van der Waals surface area contributed by atoms with E-state index >= 15 is 0 Å². The lowest BCUT2D eigenvalue weighted by Crippen LogP contribution is -2.59. The van der Waals surface area contributed by atoms with E-state index in [1.54, 1.807) is 6.92 Å². The molecule has 5 N–H and O–H groups in total. The van der Waals surface area contributed by atoms with E-state index in [0.29, 0.717) is 10.6 Å². The van der Waals surface area contributed by atoms with E-state index in [1.165, 1.54) is 27.3 Å². The van der Waals surface area contributed by atoms with Crippen molar-refractivity contribution in [1.82, 2.24) is 5.06 Å². The van der Waals surface area contributed by atoms with Crippen LogP contribution in [0.3, 0.4) is 0 Å². The maximum absolute atomic E-state index is 12.1. The van der Waals surface area contributed by atoms with E-state index in [9.17, 15) is 35.3 Å². The second kappa shape index (κ2) is 13.3. The second-order valence-corrected chi connectivity index (χ2v) is 8.41. The van der Waals surface area contributed by atoms with Gasteiger partial charge in [-0.05, 0) is 19.8 Å². The minimum Gasteiger partial charge on any atom is -0.633 e. The molecule has 0 unspecified atom stereocenters. The van der Waals surface area contributed by atoms with Crippen LogP contribution in [0.15, 0.2) is 11.6 Å². The van der Waals surface area contributed by atoms with Gasteiger partial charge in [0.15, 0.2) is 12.3 Å². The number of rotatable bonds is 13. The van der Waals surface area contributed by atoms with Crippen molar-refractivity contribution < 1.29 is 54.1 Å². The Morgan fingerprint density at radius 1 is 1.27 bits per heavy atom. The molecule has 1 rings (SSSR count). The van der Waals surface area contributed by atoms with Crippen molar-refractivity contribution in [2.24, 2.45) is 0 Å². The third-order valence-electron chi connectivity index (χ3n) is 5.38. The molecular weight excluding hydrogens is 444 g/mol. The quantitative estimate of drug-likeness (QED) is 0.0923. The third kappa shape index (κ3) is 8.88. The number of amides is 1. The fourth-order valence-corrected chi connectivity index (χ4v) is 3.42. The Labute approximate surface area is 192 Å². The van der Waals surface area contributed by atoms with Crippen LogP contribution in [0.1, 0.15) is 26.2 Å². The molecule has 6 atom stereocenters. The molecule has 0 aromatic carbocycles. The summed E-state index contributed by atoms with van der Waals surface area (Å²) in [5, 5.41) is 60.9. The van der Waals surface area contributed by atoms with Gasteiger partial charge in [-0.3, -0.25) is 10.0 Å². The highest BCUT2D eigenvalue weighted by molar-refractivity contribution is 5.87. The number of aliphatic carboxylic acids is 1. The molecule has 13 heteroatoms. The molecule has 1 fully saturated rings. The van der Waals surface area contributed by atoms with E-state index in [1.807, 2.05) is 0 Å². The molecular formula is C20H36N2O11. The number of hydrogen-bond acceptors (Lipinski definition) is 10. The topological polar surface area (TPSA) is 189 Å². The van der Waals surface area contributed by atoms with Crippen molar-refractivity contribution >= 4 is 11.9 Å². The van der Waals surface area contributed by atoms with Crippen molar-refractivity contribution in [3.05, 3.63) is 16.9 Å². The van der Waals surface area contributed by atoms with Crippen LogP contribution in [-0.2, 0) is 23.8 Å². The lowest BCUT2D eigenvalue weighted by Gasteiger charge is -2.41. The van der Waals surface area contributed by atoms with Crippen molar-refractivity contribution in [2.45, 2.75) is 62.9 Å². The number of likely N-dealkylation sites (N-methyl/N-ethyl adjacent to an activating group) is 1. The smallest absolute Gasteiger partial charge is 0.362 e. The Kier molecular flexibility index (Phi) is 11.8. The number of hydrogen-bond donors (Lipinski definition) is 5. The number of aliphatic hydroxyl groups excluding tert-OH is 3. The summed E-state index contributed by atoms with van der Waals surface area (Å²) in [4.78, 5) is 23.3. The maximum Gasteiger partial charge on any atom is 0.362 e. The Balaban J connectivity index is 2.49. The standard InChI is InChI=1S/C20H36N2O11/c1-12(7-9-32-20-17(26)16(25)18(31-4)14(11-23)33-20)10-15(24)21(29)8-5-6-13(19(27)28)22(2,3)30/h10,13-14,16-18,20,23,25-26,29H,5-9,11H2,1-4H3,(H,27,28)/b12-10+/t13-,14+,16+,17-,18+,20+/m0/s1. The molecule has 0 aromatic heterocycles. The number of hydroxylamine groups is 5. The molecule has 0 aliphatic carbocycles. The van der Waals surface area contributed by atoms with Gasteiger partial charge >= 0.3 is 5.97 Å². The average Bonchev–Trinajstić information content (AvgIpc) is 2.72. The lowest BCUT2D eigenvalue weighted by molar-refractivity contribution is -0.858. The highest BCUT2D eigenvalue weighted by Gasteiger charge is 2.45. The zero-order valence-corrected chi connectivity index (χ0v) is 19.4. The predicted molar refractivity (Wildman–Crippen MR) is 113 cm³/mol. The number of ether oxygens (including phenoxy) is 3. The minimum atomic E-state index is -1.40. The highest BCUT2D eigenvalue weighted by Crippen LogP contribution is 2.24. The summed E-state index contributed by atoms with van der Waals surface area (Å²) in [5.74, 6) is -1.97. The van der Waals surface area contributed by atoms with Gasteiger partial charge in [-0.15, -0.1) is 0 Å². The Morgan fingerprint density at radius 3 is 2.42 bits per heavy atom. The fourth-order valence-electron chi connectivity index (χ4n) is 3.42. The van der Waals surface area contributed by atoms with Crippen molar-refractivity contribution in [2.75, 3.05) is 41.0 Å². The van der Waals surface area contributed by atoms with Gasteiger partial charge in [-0.2, -0.15) is 0 Å². The van der Waals surface area contributed by atoms with Crippen LogP contribution in [0.5, 0.6) is 0 Å². The van der Waals surface area contributed by atoms with Gasteiger partial charge in [0, 0.05) is 26.2 Å². The molecule has 1 saturated heterocycles. The predicted octanol–water partition coefficient (Wildman–Crippen LogP) is -1.18.